The van der Waals surface area contributed by atoms with E-state index in [0.29, 0.717) is 0 Å². The number of hydrogen-bond donors (Lipinski definition) is 1. The first-order valence-corrected chi connectivity index (χ1v) is 8.67. The maximum Gasteiger partial charge on any atom is 0.415 e. The van der Waals surface area contributed by atoms with Crippen LogP contribution in [0.15, 0.2) is 54.6 Å². The van der Waals surface area contributed by atoms with Crippen molar-refractivity contribution in [1.82, 2.24) is 0 Å². The Kier molecular flexibility index (Phi) is 4.23. The Labute approximate surface area is 149 Å². The molecule has 0 saturated carbocycles. The van der Waals surface area contributed by atoms with Gasteiger partial charge in [-0.2, -0.15) is 0 Å². The molecule has 4 heteroatoms. The third-order valence-electron chi connectivity index (χ3n) is 4.74. The number of amides is 1. The second-order valence-corrected chi connectivity index (χ2v) is 7.74. The van der Waals surface area contributed by atoms with Gasteiger partial charge in [-0.1, -0.05) is 42.5 Å². The Morgan fingerprint density at radius 2 is 1.68 bits per heavy atom. The van der Waals surface area contributed by atoms with Crippen molar-refractivity contribution < 1.29 is 9.53 Å². The number of para-hydroxylation sites is 2. The van der Waals surface area contributed by atoms with Crippen LogP contribution in [0.1, 0.15) is 40.2 Å². The predicted molar refractivity (Wildman–Crippen MR) is 102 cm³/mol. The number of ether oxygens (including phenoxy) is 1. The summed E-state index contributed by atoms with van der Waals surface area (Å²) >= 11 is 0. The molecule has 0 bridgehead atoms. The van der Waals surface area contributed by atoms with Crippen LogP contribution in [0.3, 0.4) is 0 Å². The van der Waals surface area contributed by atoms with Gasteiger partial charge in [0, 0.05) is 0 Å². The zero-order valence-corrected chi connectivity index (χ0v) is 15.5. The molecule has 3 rings (SSSR count). The number of nitrogens with one attached hydrogen (secondary N) is 1. The van der Waals surface area contributed by atoms with Crippen LogP contribution >= 0.6 is 0 Å². The minimum Gasteiger partial charge on any atom is -0.443 e. The normalized spacial score (nSPS) is 22.8. The average molecular weight is 338 g/mol. The molecular formula is C21H26N2O2. The number of nitrogens with zero attached hydrogens (tertiary/aromatic N) is 1. The topological polar surface area (TPSA) is 41.6 Å². The predicted octanol–water partition coefficient (Wildman–Crippen LogP) is 5.16. The Morgan fingerprint density at radius 1 is 1.08 bits per heavy atom. The van der Waals surface area contributed by atoms with Crippen molar-refractivity contribution in [2.75, 3.05) is 10.2 Å². The van der Waals surface area contributed by atoms with Gasteiger partial charge in [-0.3, -0.25) is 4.90 Å². The van der Waals surface area contributed by atoms with Crippen LogP contribution in [0.5, 0.6) is 0 Å². The Hall–Kier alpha value is -2.49. The summed E-state index contributed by atoms with van der Waals surface area (Å²) in [5, 5.41) is 3.64. The van der Waals surface area contributed by atoms with Gasteiger partial charge in [-0.25, -0.2) is 4.79 Å². The van der Waals surface area contributed by atoms with E-state index in [1.165, 1.54) is 0 Å². The lowest BCUT2D eigenvalue weighted by Gasteiger charge is -2.48. The first-order chi connectivity index (χ1) is 11.7. The molecule has 2 atom stereocenters. The number of anilines is 2. The fourth-order valence-electron chi connectivity index (χ4n) is 3.31. The molecule has 1 N–H and O–H groups in total. The van der Waals surface area contributed by atoms with Crippen molar-refractivity contribution in [1.29, 1.82) is 0 Å². The molecule has 2 unspecified atom stereocenters. The summed E-state index contributed by atoms with van der Waals surface area (Å²) in [6, 6.07) is 18.0. The van der Waals surface area contributed by atoms with E-state index in [2.05, 4.69) is 31.3 Å². The third kappa shape index (κ3) is 3.21. The van der Waals surface area contributed by atoms with E-state index in [9.17, 15) is 4.79 Å². The molecule has 25 heavy (non-hydrogen) atoms. The summed E-state index contributed by atoms with van der Waals surface area (Å²) in [5.41, 5.74) is 1.94. The lowest BCUT2D eigenvalue weighted by molar-refractivity contribution is 0.0553. The fourth-order valence-corrected chi connectivity index (χ4v) is 3.31. The zero-order chi connectivity index (χ0) is 18.2. The maximum absolute atomic E-state index is 13.0. The van der Waals surface area contributed by atoms with Gasteiger partial charge in [0.05, 0.1) is 23.0 Å². The number of carbonyl (C=O) groups excluding carboxylic acids is 1. The number of rotatable bonds is 1. The second-order valence-electron chi connectivity index (χ2n) is 7.74. The highest BCUT2D eigenvalue weighted by atomic mass is 16.6. The number of fused-ring (bicyclic) bond motifs is 1. The largest absolute Gasteiger partial charge is 0.443 e. The van der Waals surface area contributed by atoms with E-state index in [1.54, 1.807) is 4.90 Å². The SMILES string of the molecule is CC1N(C(=O)OC(C)(C)C)c2ccccc2NC1(C)c1ccccc1. The molecule has 2 aromatic carbocycles. The molecule has 1 heterocycles. The Bertz CT molecular complexity index is 767. The van der Waals surface area contributed by atoms with Gasteiger partial charge in [-0.15, -0.1) is 0 Å². The lowest BCUT2D eigenvalue weighted by atomic mass is 9.82. The maximum atomic E-state index is 13.0. The summed E-state index contributed by atoms with van der Waals surface area (Å²) < 4.78 is 5.69. The summed E-state index contributed by atoms with van der Waals surface area (Å²) in [6.07, 6.45) is -0.323. The third-order valence-corrected chi connectivity index (χ3v) is 4.74. The minimum atomic E-state index is -0.542. The van der Waals surface area contributed by atoms with Gasteiger partial charge < -0.3 is 10.1 Å². The molecule has 0 saturated heterocycles. The molecule has 0 aliphatic carbocycles. The smallest absolute Gasteiger partial charge is 0.415 e. The van der Waals surface area contributed by atoms with E-state index >= 15 is 0 Å². The quantitative estimate of drug-likeness (QED) is 0.781. The van der Waals surface area contributed by atoms with Gasteiger partial charge in [0.15, 0.2) is 0 Å². The van der Waals surface area contributed by atoms with Crippen LogP contribution in [-0.2, 0) is 10.3 Å². The van der Waals surface area contributed by atoms with Crippen molar-refractivity contribution in [2.45, 2.75) is 51.8 Å². The summed E-state index contributed by atoms with van der Waals surface area (Å²) in [6.45, 7) is 9.85. The number of hydrogen-bond acceptors (Lipinski definition) is 3. The van der Waals surface area contributed by atoms with Crippen LogP contribution in [0.25, 0.3) is 0 Å². The van der Waals surface area contributed by atoms with E-state index < -0.39 is 11.1 Å². The molecule has 1 aliphatic heterocycles. The summed E-state index contributed by atoms with van der Waals surface area (Å²) in [4.78, 5) is 14.7. The van der Waals surface area contributed by atoms with Gasteiger partial charge in [0.2, 0.25) is 0 Å². The van der Waals surface area contributed by atoms with Crippen LogP contribution < -0.4 is 10.2 Å². The molecule has 0 radical (unpaired) electrons. The molecule has 1 amide bonds. The van der Waals surface area contributed by atoms with Crippen molar-refractivity contribution in [3.63, 3.8) is 0 Å². The van der Waals surface area contributed by atoms with Crippen molar-refractivity contribution in [3.8, 4) is 0 Å². The lowest BCUT2D eigenvalue weighted by Crippen LogP contribution is -2.58. The summed E-state index contributed by atoms with van der Waals surface area (Å²) in [5.74, 6) is 0. The molecule has 0 fully saturated rings. The van der Waals surface area contributed by atoms with Crippen molar-refractivity contribution in [2.24, 2.45) is 0 Å². The van der Waals surface area contributed by atoms with Crippen LogP contribution in [-0.4, -0.2) is 17.7 Å². The highest BCUT2D eigenvalue weighted by Gasteiger charge is 2.45. The number of benzene rings is 2. The van der Waals surface area contributed by atoms with Gasteiger partial charge in [0.1, 0.15) is 5.60 Å². The zero-order valence-electron chi connectivity index (χ0n) is 15.5. The van der Waals surface area contributed by atoms with Crippen molar-refractivity contribution >= 4 is 17.5 Å². The van der Waals surface area contributed by atoms with E-state index in [4.69, 9.17) is 4.74 Å². The van der Waals surface area contributed by atoms with Gasteiger partial charge in [-0.05, 0) is 52.3 Å². The molecule has 0 spiro atoms. The molecular weight excluding hydrogens is 312 g/mol. The van der Waals surface area contributed by atoms with Crippen LogP contribution in [0.2, 0.25) is 0 Å². The monoisotopic (exact) mass is 338 g/mol. The second kappa shape index (κ2) is 6.10. The average Bonchev–Trinajstić information content (AvgIpc) is 2.55. The first-order valence-electron chi connectivity index (χ1n) is 8.67. The van der Waals surface area contributed by atoms with Crippen molar-refractivity contribution in [3.05, 3.63) is 60.2 Å². The fraction of sp³-hybridized carbons (Fsp3) is 0.381. The molecule has 4 nitrogen and oxygen atoms in total. The Morgan fingerprint density at radius 3 is 2.32 bits per heavy atom. The summed E-state index contributed by atoms with van der Waals surface area (Å²) in [7, 11) is 0. The molecule has 1 aliphatic rings. The molecule has 2 aromatic rings. The minimum absolute atomic E-state index is 0.125. The van der Waals surface area contributed by atoms with E-state index in [-0.39, 0.29) is 12.1 Å². The van der Waals surface area contributed by atoms with Gasteiger partial charge in [0.25, 0.3) is 0 Å². The standard InChI is InChI=1S/C21H26N2O2/c1-15-21(5,16-11-7-6-8-12-16)22-17-13-9-10-14-18(17)23(15)19(24)25-20(2,3)4/h6-15,22H,1-5H3. The van der Waals surface area contributed by atoms with Gasteiger partial charge >= 0.3 is 6.09 Å². The first kappa shape index (κ1) is 17.3. The molecule has 0 aromatic heterocycles. The van der Waals surface area contributed by atoms with Crippen LogP contribution in [0, 0.1) is 0 Å². The molecule has 132 valence electrons. The Balaban J connectivity index is 2.09. The highest BCUT2D eigenvalue weighted by molar-refractivity contribution is 5.95. The van der Waals surface area contributed by atoms with E-state index in [0.717, 1.165) is 16.9 Å². The highest BCUT2D eigenvalue weighted by Crippen LogP contribution is 2.43. The van der Waals surface area contributed by atoms with Crippen LogP contribution in [0.4, 0.5) is 16.2 Å². The van der Waals surface area contributed by atoms with E-state index in [1.807, 2.05) is 63.2 Å². The number of carbonyl (C=O) groups is 1.